The number of hydrogen-bond acceptors (Lipinski definition) is 1. The molecule has 0 heterocycles. The lowest BCUT2D eigenvalue weighted by molar-refractivity contribution is 1.91. The minimum absolute atomic E-state index is 1.15. The molecule has 0 aliphatic rings. The summed E-state index contributed by atoms with van der Waals surface area (Å²) in [5, 5.41) is 0. The normalized spacial score (nSPS) is 10.9. The zero-order valence-corrected chi connectivity index (χ0v) is 5.87. The van der Waals surface area contributed by atoms with Crippen LogP contribution in [0.5, 0.6) is 0 Å². The van der Waals surface area contributed by atoms with Crippen LogP contribution in [0, 0.1) is 0 Å². The molecule has 1 heteroatoms. The summed E-state index contributed by atoms with van der Waals surface area (Å²) in [7, 11) is 0. The molecule has 44 valence electrons. The van der Waals surface area contributed by atoms with Crippen LogP contribution in [0.2, 0.25) is 0 Å². The Morgan fingerprint density at radius 2 is 2.12 bits per heavy atom. The first-order chi connectivity index (χ1) is 3.85. The Balaban J connectivity index is 3.84. The van der Waals surface area contributed by atoms with E-state index in [0.717, 1.165) is 4.91 Å². The van der Waals surface area contributed by atoms with Crippen molar-refractivity contribution in [2.45, 2.75) is 0 Å². The number of allylic oxidation sites excluding steroid dienone is 3. The predicted octanol–water partition coefficient (Wildman–Crippen LogP) is 2.61. The average Bonchev–Trinajstić information content (AvgIpc) is 1.83. The van der Waals surface area contributed by atoms with E-state index in [1.54, 1.807) is 17.8 Å². The van der Waals surface area contributed by atoms with Gasteiger partial charge in [-0.3, -0.25) is 0 Å². The van der Waals surface area contributed by atoms with Crippen molar-refractivity contribution in [3.05, 3.63) is 36.3 Å². The minimum atomic E-state index is 1.15. The van der Waals surface area contributed by atoms with Crippen LogP contribution < -0.4 is 0 Å². The molecule has 0 spiro atoms. The maximum atomic E-state index is 3.61. The van der Waals surface area contributed by atoms with Gasteiger partial charge < -0.3 is 0 Å². The van der Waals surface area contributed by atoms with Gasteiger partial charge in [-0.25, -0.2) is 0 Å². The highest BCUT2D eigenvalue weighted by molar-refractivity contribution is 8.02. The van der Waals surface area contributed by atoms with E-state index in [4.69, 9.17) is 0 Å². The SMILES string of the molecule is C=C/C=C(/C=C)SC. The van der Waals surface area contributed by atoms with Crippen LogP contribution >= 0.6 is 11.8 Å². The van der Waals surface area contributed by atoms with E-state index in [9.17, 15) is 0 Å². The number of rotatable bonds is 3. The van der Waals surface area contributed by atoms with Crippen molar-refractivity contribution in [2.24, 2.45) is 0 Å². The van der Waals surface area contributed by atoms with Gasteiger partial charge in [0.15, 0.2) is 0 Å². The molecule has 0 unspecified atom stereocenters. The highest BCUT2D eigenvalue weighted by Crippen LogP contribution is 2.10. The van der Waals surface area contributed by atoms with E-state index >= 15 is 0 Å². The lowest BCUT2D eigenvalue weighted by atomic mass is 10.5. The minimum Gasteiger partial charge on any atom is -0.130 e. The number of hydrogen-bond donors (Lipinski definition) is 0. The first kappa shape index (κ1) is 7.57. The average molecular weight is 126 g/mol. The molecule has 0 aromatic rings. The fraction of sp³-hybridized carbons (Fsp3) is 0.143. The monoisotopic (exact) mass is 126 g/mol. The molecule has 0 aliphatic heterocycles. The Morgan fingerprint density at radius 3 is 2.25 bits per heavy atom. The molecule has 0 radical (unpaired) electrons. The van der Waals surface area contributed by atoms with Gasteiger partial charge in [0.25, 0.3) is 0 Å². The summed E-state index contributed by atoms with van der Waals surface area (Å²) in [5.74, 6) is 0. The van der Waals surface area contributed by atoms with Gasteiger partial charge in [0, 0.05) is 4.91 Å². The van der Waals surface area contributed by atoms with Gasteiger partial charge in [0.2, 0.25) is 0 Å². The lowest BCUT2D eigenvalue weighted by Crippen LogP contribution is -1.61. The summed E-state index contributed by atoms with van der Waals surface area (Å²) in [6.07, 6.45) is 7.51. The molecule has 0 aromatic heterocycles. The zero-order valence-electron chi connectivity index (χ0n) is 5.05. The van der Waals surface area contributed by atoms with Gasteiger partial charge in [-0.05, 0) is 12.3 Å². The van der Waals surface area contributed by atoms with Crippen LogP contribution in [0.3, 0.4) is 0 Å². The van der Waals surface area contributed by atoms with Gasteiger partial charge in [0.05, 0.1) is 0 Å². The second-order valence-electron chi connectivity index (χ2n) is 1.21. The molecule has 0 nitrogen and oxygen atoms in total. The fourth-order valence-corrected chi connectivity index (χ4v) is 0.735. The third-order valence-corrected chi connectivity index (χ3v) is 1.49. The van der Waals surface area contributed by atoms with Gasteiger partial charge in [-0.1, -0.05) is 25.3 Å². The van der Waals surface area contributed by atoms with Gasteiger partial charge in [-0.2, -0.15) is 0 Å². The summed E-state index contributed by atoms with van der Waals surface area (Å²) < 4.78 is 0. The third kappa shape index (κ3) is 2.69. The zero-order chi connectivity index (χ0) is 6.41. The Morgan fingerprint density at radius 1 is 1.50 bits per heavy atom. The summed E-state index contributed by atoms with van der Waals surface area (Å²) in [6, 6.07) is 0. The molecular formula is C7H10S. The molecule has 0 bridgehead atoms. The Labute approximate surface area is 55.0 Å². The standard InChI is InChI=1S/C7H10S/c1-4-6-7(5-2)8-3/h4-6H,1-2H2,3H3/b7-6-. The lowest BCUT2D eigenvalue weighted by Gasteiger charge is -1.88. The Kier molecular flexibility index (Phi) is 4.47. The van der Waals surface area contributed by atoms with Crippen molar-refractivity contribution in [3.8, 4) is 0 Å². The van der Waals surface area contributed by atoms with E-state index in [0.29, 0.717) is 0 Å². The molecule has 0 aromatic carbocycles. The van der Waals surface area contributed by atoms with Crippen molar-refractivity contribution >= 4 is 11.8 Å². The highest BCUT2D eigenvalue weighted by atomic mass is 32.2. The van der Waals surface area contributed by atoms with Gasteiger partial charge >= 0.3 is 0 Å². The molecule has 0 saturated heterocycles. The second-order valence-corrected chi connectivity index (χ2v) is 2.09. The first-order valence-electron chi connectivity index (χ1n) is 2.34. The molecule has 8 heavy (non-hydrogen) atoms. The molecule has 0 fully saturated rings. The summed E-state index contributed by atoms with van der Waals surface area (Å²) in [4.78, 5) is 1.15. The first-order valence-corrected chi connectivity index (χ1v) is 3.56. The van der Waals surface area contributed by atoms with E-state index in [1.807, 2.05) is 18.4 Å². The van der Waals surface area contributed by atoms with Gasteiger partial charge in [0.1, 0.15) is 0 Å². The van der Waals surface area contributed by atoms with Crippen LogP contribution in [0.15, 0.2) is 36.3 Å². The molecule has 0 amide bonds. The molecular weight excluding hydrogens is 116 g/mol. The smallest absolute Gasteiger partial charge is 0.00630 e. The fourth-order valence-electron chi connectivity index (χ4n) is 0.336. The van der Waals surface area contributed by atoms with E-state index < -0.39 is 0 Å². The molecule has 0 N–H and O–H groups in total. The van der Waals surface area contributed by atoms with Crippen LogP contribution in [-0.4, -0.2) is 6.26 Å². The van der Waals surface area contributed by atoms with Crippen molar-refractivity contribution < 1.29 is 0 Å². The third-order valence-electron chi connectivity index (χ3n) is 0.719. The maximum Gasteiger partial charge on any atom is 0.00630 e. The van der Waals surface area contributed by atoms with Crippen LogP contribution in [0.1, 0.15) is 0 Å². The summed E-state index contributed by atoms with van der Waals surface area (Å²) >= 11 is 1.67. The molecule has 0 saturated carbocycles. The second kappa shape index (κ2) is 4.72. The van der Waals surface area contributed by atoms with E-state index in [2.05, 4.69) is 13.2 Å². The van der Waals surface area contributed by atoms with Crippen molar-refractivity contribution in [1.29, 1.82) is 0 Å². The number of thioether (sulfide) groups is 1. The van der Waals surface area contributed by atoms with Crippen LogP contribution in [0.25, 0.3) is 0 Å². The highest BCUT2D eigenvalue weighted by Gasteiger charge is 1.79. The predicted molar refractivity (Wildman–Crippen MR) is 42.0 cm³/mol. The van der Waals surface area contributed by atoms with Crippen LogP contribution in [-0.2, 0) is 0 Å². The summed E-state index contributed by atoms with van der Waals surface area (Å²) in [5.41, 5.74) is 0. The Hall–Kier alpha value is -0.430. The Bertz CT molecular complexity index is 112. The van der Waals surface area contributed by atoms with Crippen LogP contribution in [0.4, 0.5) is 0 Å². The van der Waals surface area contributed by atoms with Gasteiger partial charge in [-0.15, -0.1) is 11.8 Å². The molecule has 0 aliphatic carbocycles. The maximum absolute atomic E-state index is 3.61. The topological polar surface area (TPSA) is 0 Å². The quantitative estimate of drug-likeness (QED) is 0.524. The van der Waals surface area contributed by atoms with Crippen molar-refractivity contribution in [2.75, 3.05) is 6.26 Å². The van der Waals surface area contributed by atoms with Crippen molar-refractivity contribution in [3.63, 3.8) is 0 Å². The molecule has 0 rings (SSSR count). The largest absolute Gasteiger partial charge is 0.130 e. The van der Waals surface area contributed by atoms with E-state index in [-0.39, 0.29) is 0 Å². The van der Waals surface area contributed by atoms with E-state index in [1.165, 1.54) is 0 Å². The molecule has 0 atom stereocenters. The summed E-state index contributed by atoms with van der Waals surface area (Å²) in [6.45, 7) is 7.17. The van der Waals surface area contributed by atoms with Crippen molar-refractivity contribution in [1.82, 2.24) is 0 Å².